The van der Waals surface area contributed by atoms with Gasteiger partial charge in [-0.15, -0.1) is 0 Å². The molecule has 0 aliphatic heterocycles. The smallest absolute Gasteiger partial charge is 0.268 e. The summed E-state index contributed by atoms with van der Waals surface area (Å²) in [6, 6.07) is 17.2. The van der Waals surface area contributed by atoms with Crippen molar-refractivity contribution in [3.8, 4) is 0 Å². The lowest BCUT2D eigenvalue weighted by atomic mass is 10.0. The minimum absolute atomic E-state index is 0.221. The number of carbonyl (C=O) groups excluding carboxylic acids is 1. The zero-order valence-electron chi connectivity index (χ0n) is 19.7. The van der Waals surface area contributed by atoms with Gasteiger partial charge in [0.2, 0.25) is 0 Å². The number of aliphatic hydroxyl groups excluding tert-OH is 1. The monoisotopic (exact) mass is 474 g/mol. The maximum absolute atomic E-state index is 13.1. The van der Waals surface area contributed by atoms with Crippen LogP contribution in [0.25, 0.3) is 0 Å². The van der Waals surface area contributed by atoms with Crippen molar-refractivity contribution < 1.29 is 22.5 Å². The molecule has 2 aromatic carbocycles. The van der Waals surface area contributed by atoms with Gasteiger partial charge in [-0.2, -0.15) is 8.42 Å². The number of hydrogen-bond acceptors (Lipinski definition) is 5. The predicted molar refractivity (Wildman–Crippen MR) is 133 cm³/mol. The van der Waals surface area contributed by atoms with E-state index in [2.05, 4.69) is 6.92 Å². The van der Waals surface area contributed by atoms with Crippen molar-refractivity contribution in [3.63, 3.8) is 0 Å². The van der Waals surface area contributed by atoms with Crippen LogP contribution in [0.2, 0.25) is 0 Å². The summed E-state index contributed by atoms with van der Waals surface area (Å²) in [6.45, 7) is 1.98. The Bertz CT molecular complexity index is 897. The Morgan fingerprint density at radius 1 is 0.848 bits per heavy atom. The molecule has 0 aromatic heterocycles. The lowest BCUT2D eigenvalue weighted by Crippen LogP contribution is -2.26. The summed E-state index contributed by atoms with van der Waals surface area (Å²) in [5.74, 6) is -1.11. The van der Waals surface area contributed by atoms with E-state index in [1.807, 2.05) is 0 Å². The van der Waals surface area contributed by atoms with Crippen molar-refractivity contribution >= 4 is 15.9 Å². The van der Waals surface area contributed by atoms with Gasteiger partial charge in [-0.3, -0.25) is 8.98 Å². The molecule has 2 unspecified atom stereocenters. The summed E-state index contributed by atoms with van der Waals surface area (Å²) >= 11 is 0. The summed E-state index contributed by atoms with van der Waals surface area (Å²) in [5.41, 5.74) is 0.873. The summed E-state index contributed by atoms with van der Waals surface area (Å²) in [5, 5.41) is 9.74. The van der Waals surface area contributed by atoms with E-state index in [1.54, 1.807) is 60.7 Å². The Balaban J connectivity index is 1.95. The van der Waals surface area contributed by atoms with Crippen LogP contribution in [0.5, 0.6) is 0 Å². The molecule has 0 radical (unpaired) electrons. The second-order valence-electron chi connectivity index (χ2n) is 8.65. The van der Waals surface area contributed by atoms with Crippen LogP contribution < -0.4 is 0 Å². The maximum Gasteiger partial charge on any atom is 0.268 e. The molecule has 1 N–H and O–H groups in total. The normalized spacial score (nSPS) is 13.5. The van der Waals surface area contributed by atoms with E-state index in [1.165, 1.54) is 32.1 Å². The highest BCUT2D eigenvalue weighted by molar-refractivity contribution is 7.86. The van der Waals surface area contributed by atoms with Crippen LogP contribution >= 0.6 is 0 Å². The fraction of sp³-hybridized carbons (Fsp3) is 0.519. The Labute approximate surface area is 199 Å². The van der Waals surface area contributed by atoms with Crippen LogP contribution in [0.3, 0.4) is 0 Å². The molecular formula is C27H38O5S. The Kier molecular flexibility index (Phi) is 12.4. The average molecular weight is 475 g/mol. The van der Waals surface area contributed by atoms with Crippen LogP contribution in [-0.2, 0) is 14.3 Å². The Hall–Kier alpha value is -2.02. The summed E-state index contributed by atoms with van der Waals surface area (Å²) in [4.78, 5) is 13.1. The van der Waals surface area contributed by atoms with Crippen LogP contribution in [0.4, 0.5) is 0 Å². The predicted octanol–water partition coefficient (Wildman–Crippen LogP) is 6.10. The fourth-order valence-electron chi connectivity index (χ4n) is 3.90. The van der Waals surface area contributed by atoms with Gasteiger partial charge in [-0.05, 0) is 17.9 Å². The van der Waals surface area contributed by atoms with Gasteiger partial charge in [0.15, 0.2) is 11.9 Å². The molecule has 0 saturated heterocycles. The highest BCUT2D eigenvalue weighted by Crippen LogP contribution is 2.26. The molecule has 0 bridgehead atoms. The molecule has 5 nitrogen and oxygen atoms in total. The maximum atomic E-state index is 13.1. The van der Waals surface area contributed by atoms with Gasteiger partial charge in [0.05, 0.1) is 5.75 Å². The molecule has 0 aliphatic carbocycles. The second-order valence-corrected chi connectivity index (χ2v) is 10.3. The third kappa shape index (κ3) is 10.2. The molecule has 0 heterocycles. The molecule has 2 atom stereocenters. The first-order valence-electron chi connectivity index (χ1n) is 12.1. The van der Waals surface area contributed by atoms with Gasteiger partial charge in [-0.25, -0.2) is 0 Å². The molecular weight excluding hydrogens is 436 g/mol. The molecule has 0 amide bonds. The zero-order chi connectivity index (χ0) is 23.9. The Morgan fingerprint density at radius 3 is 1.97 bits per heavy atom. The van der Waals surface area contributed by atoms with E-state index in [-0.39, 0.29) is 12.4 Å². The first-order chi connectivity index (χ1) is 16.0. The van der Waals surface area contributed by atoms with E-state index >= 15 is 0 Å². The molecule has 6 heteroatoms. The molecule has 2 aromatic rings. The minimum Gasteiger partial charge on any atom is -0.396 e. The van der Waals surface area contributed by atoms with Crippen LogP contribution in [0.1, 0.15) is 86.7 Å². The largest absolute Gasteiger partial charge is 0.396 e. The number of carbonyl (C=O) groups is 1. The number of rotatable bonds is 17. The first-order valence-corrected chi connectivity index (χ1v) is 13.7. The summed E-state index contributed by atoms with van der Waals surface area (Å²) in [6.07, 6.45) is 8.64. The molecule has 0 aliphatic rings. The lowest BCUT2D eigenvalue weighted by molar-refractivity contribution is 0.0799. The third-order valence-corrected chi connectivity index (χ3v) is 7.17. The van der Waals surface area contributed by atoms with Crippen molar-refractivity contribution in [1.29, 1.82) is 0 Å². The number of Topliss-reactive ketones (excluding diaryl/α,β-unsaturated/α-hetero) is 1. The van der Waals surface area contributed by atoms with Gasteiger partial charge >= 0.3 is 0 Å². The van der Waals surface area contributed by atoms with E-state index in [0.717, 1.165) is 19.3 Å². The second kappa shape index (κ2) is 15.0. The quantitative estimate of drug-likeness (QED) is 0.170. The van der Waals surface area contributed by atoms with Crippen molar-refractivity contribution in [3.05, 3.63) is 71.8 Å². The molecule has 0 fully saturated rings. The summed E-state index contributed by atoms with van der Waals surface area (Å²) < 4.78 is 31.2. The SMILES string of the molecule is CCCCCCCCCCC(CO)CS(=O)(=O)OC(C(=O)c1ccccc1)c1ccccc1. The van der Waals surface area contributed by atoms with Crippen LogP contribution in [0.15, 0.2) is 60.7 Å². The summed E-state index contributed by atoms with van der Waals surface area (Å²) in [7, 11) is -4.03. The van der Waals surface area contributed by atoms with Crippen LogP contribution in [-0.4, -0.2) is 31.7 Å². The van der Waals surface area contributed by atoms with E-state index in [4.69, 9.17) is 4.18 Å². The number of aliphatic hydroxyl groups is 1. The average Bonchev–Trinajstić information content (AvgIpc) is 2.84. The topological polar surface area (TPSA) is 80.7 Å². The van der Waals surface area contributed by atoms with Crippen molar-refractivity contribution in [2.45, 2.75) is 70.8 Å². The van der Waals surface area contributed by atoms with E-state index < -0.39 is 27.9 Å². The van der Waals surface area contributed by atoms with Crippen molar-refractivity contribution in [1.82, 2.24) is 0 Å². The number of unbranched alkanes of at least 4 members (excludes halogenated alkanes) is 7. The molecule has 0 saturated carbocycles. The number of benzene rings is 2. The standard InChI is InChI=1S/C27H38O5S/c1-2-3-4-5-6-7-8-11-16-23(21-28)22-33(30,31)32-27(25-19-14-10-15-20-25)26(29)24-17-12-9-13-18-24/h9-10,12-15,17-20,23,27-28H,2-8,11,16,21-22H2,1H3. The van der Waals surface area contributed by atoms with Crippen molar-refractivity contribution in [2.24, 2.45) is 5.92 Å². The van der Waals surface area contributed by atoms with E-state index in [0.29, 0.717) is 17.5 Å². The zero-order valence-corrected chi connectivity index (χ0v) is 20.5. The van der Waals surface area contributed by atoms with E-state index in [9.17, 15) is 18.3 Å². The Morgan fingerprint density at radius 2 is 1.39 bits per heavy atom. The molecule has 0 spiro atoms. The number of hydrogen-bond donors (Lipinski definition) is 1. The van der Waals surface area contributed by atoms with Crippen LogP contribution in [0, 0.1) is 5.92 Å². The highest BCUT2D eigenvalue weighted by atomic mass is 32.2. The number of ketones is 1. The molecule has 182 valence electrons. The lowest BCUT2D eigenvalue weighted by Gasteiger charge is -2.19. The molecule has 33 heavy (non-hydrogen) atoms. The first kappa shape index (κ1) is 27.2. The van der Waals surface area contributed by atoms with Gasteiger partial charge < -0.3 is 5.11 Å². The van der Waals surface area contributed by atoms with Gasteiger partial charge in [0.25, 0.3) is 10.1 Å². The fourth-order valence-corrected chi connectivity index (χ4v) is 5.32. The van der Waals surface area contributed by atoms with Gasteiger partial charge in [-0.1, -0.05) is 119 Å². The minimum atomic E-state index is -4.03. The van der Waals surface area contributed by atoms with Gasteiger partial charge in [0.1, 0.15) is 0 Å². The molecule has 2 rings (SSSR count). The van der Waals surface area contributed by atoms with Gasteiger partial charge in [0, 0.05) is 12.2 Å². The third-order valence-electron chi connectivity index (χ3n) is 5.81. The van der Waals surface area contributed by atoms with Crippen molar-refractivity contribution in [2.75, 3.05) is 12.4 Å². The highest BCUT2D eigenvalue weighted by Gasteiger charge is 2.30.